The highest BCUT2D eigenvalue weighted by atomic mass is 32.1. The van der Waals surface area contributed by atoms with E-state index in [1.807, 2.05) is 45.9 Å². The number of nitrogens with one attached hydrogen (secondary N) is 1. The molecule has 6 nitrogen and oxygen atoms in total. The number of carbonyl (C=O) groups is 2. The molecule has 2 rings (SSSR count). The Morgan fingerprint density at radius 1 is 1.28 bits per heavy atom. The van der Waals surface area contributed by atoms with Crippen molar-refractivity contribution in [2.45, 2.75) is 39.8 Å². The lowest BCUT2D eigenvalue weighted by atomic mass is 10.1. The highest BCUT2D eigenvalue weighted by molar-refractivity contribution is 7.09. The summed E-state index contributed by atoms with van der Waals surface area (Å²) in [6, 6.07) is 7.36. The SMILES string of the molecule is Cc1nc(C(=O)Nc2ccccc2CN(C)C(=O)OC(C)(C)C)cs1. The zero-order valence-corrected chi connectivity index (χ0v) is 15.9. The van der Waals surface area contributed by atoms with E-state index in [-0.39, 0.29) is 5.91 Å². The number of ether oxygens (including phenoxy) is 1. The van der Waals surface area contributed by atoms with E-state index in [1.54, 1.807) is 18.5 Å². The molecule has 0 saturated heterocycles. The van der Waals surface area contributed by atoms with E-state index in [9.17, 15) is 9.59 Å². The van der Waals surface area contributed by atoms with Gasteiger partial charge in [-0.1, -0.05) is 18.2 Å². The molecule has 1 aromatic heterocycles. The number of aromatic nitrogens is 1. The zero-order valence-electron chi connectivity index (χ0n) is 15.1. The molecule has 7 heteroatoms. The zero-order chi connectivity index (χ0) is 18.6. The molecule has 2 aromatic rings. The maximum Gasteiger partial charge on any atom is 0.410 e. The molecule has 0 atom stereocenters. The van der Waals surface area contributed by atoms with Crippen LogP contribution in [0.3, 0.4) is 0 Å². The first-order valence-electron chi connectivity index (χ1n) is 7.91. The van der Waals surface area contributed by atoms with Gasteiger partial charge in [-0.3, -0.25) is 4.79 Å². The van der Waals surface area contributed by atoms with Crippen molar-refractivity contribution in [3.05, 3.63) is 45.9 Å². The van der Waals surface area contributed by atoms with Gasteiger partial charge in [-0.15, -0.1) is 11.3 Å². The van der Waals surface area contributed by atoms with Crippen LogP contribution in [0.4, 0.5) is 10.5 Å². The molecule has 0 spiro atoms. The summed E-state index contributed by atoms with van der Waals surface area (Å²) < 4.78 is 5.36. The van der Waals surface area contributed by atoms with Gasteiger partial charge in [0.2, 0.25) is 0 Å². The minimum atomic E-state index is -0.554. The molecule has 0 aliphatic carbocycles. The second-order valence-electron chi connectivity index (χ2n) is 6.70. The molecule has 0 aliphatic heterocycles. The number of aryl methyl sites for hydroxylation is 1. The van der Waals surface area contributed by atoms with E-state index in [2.05, 4.69) is 10.3 Å². The Bertz CT molecular complexity index is 765. The molecule has 134 valence electrons. The van der Waals surface area contributed by atoms with Crippen LogP contribution in [0.2, 0.25) is 0 Å². The summed E-state index contributed by atoms with van der Waals surface area (Å²) in [7, 11) is 1.66. The van der Waals surface area contributed by atoms with Crippen molar-refractivity contribution in [1.82, 2.24) is 9.88 Å². The molecule has 2 amide bonds. The van der Waals surface area contributed by atoms with Crippen molar-refractivity contribution >= 4 is 29.0 Å². The second-order valence-corrected chi connectivity index (χ2v) is 7.76. The predicted octanol–water partition coefficient (Wildman–Crippen LogP) is 4.07. The van der Waals surface area contributed by atoms with Gasteiger partial charge in [-0.05, 0) is 39.3 Å². The fraction of sp³-hybridized carbons (Fsp3) is 0.389. The fourth-order valence-electron chi connectivity index (χ4n) is 2.09. The molecule has 25 heavy (non-hydrogen) atoms. The standard InChI is InChI=1S/C18H23N3O3S/c1-12-19-15(11-25-12)16(22)20-14-9-7-6-8-13(14)10-21(5)17(23)24-18(2,3)4/h6-9,11H,10H2,1-5H3,(H,20,22). The minimum absolute atomic E-state index is 0.267. The normalized spacial score (nSPS) is 11.1. The summed E-state index contributed by atoms with van der Waals surface area (Å²) in [5.74, 6) is -0.267. The summed E-state index contributed by atoms with van der Waals surface area (Å²) in [4.78, 5) is 30.1. The summed E-state index contributed by atoms with van der Waals surface area (Å²) in [6.45, 7) is 7.64. The number of thiazole rings is 1. The first kappa shape index (κ1) is 18.9. The van der Waals surface area contributed by atoms with Gasteiger partial charge in [0.15, 0.2) is 0 Å². The van der Waals surface area contributed by atoms with Gasteiger partial charge in [0.25, 0.3) is 5.91 Å². The summed E-state index contributed by atoms with van der Waals surface area (Å²) in [5.41, 5.74) is 1.30. The molecule has 0 fully saturated rings. The Labute approximate surface area is 151 Å². The first-order valence-corrected chi connectivity index (χ1v) is 8.79. The van der Waals surface area contributed by atoms with Crippen molar-refractivity contribution in [2.75, 3.05) is 12.4 Å². The van der Waals surface area contributed by atoms with E-state index in [0.29, 0.717) is 17.9 Å². The average molecular weight is 361 g/mol. The number of benzene rings is 1. The van der Waals surface area contributed by atoms with E-state index < -0.39 is 11.7 Å². The lowest BCUT2D eigenvalue weighted by molar-refractivity contribution is 0.0285. The van der Waals surface area contributed by atoms with Gasteiger partial charge in [0.05, 0.1) is 11.6 Å². The van der Waals surface area contributed by atoms with Crippen LogP contribution in [0, 0.1) is 6.92 Å². The molecule has 0 saturated carbocycles. The van der Waals surface area contributed by atoms with Crippen LogP contribution in [0.1, 0.15) is 41.8 Å². The number of carbonyl (C=O) groups excluding carboxylic acids is 2. The number of amides is 2. The highest BCUT2D eigenvalue weighted by Gasteiger charge is 2.20. The maximum atomic E-state index is 12.3. The Hall–Kier alpha value is -2.41. The summed E-state index contributed by atoms with van der Waals surface area (Å²) >= 11 is 1.43. The van der Waals surface area contributed by atoms with Crippen LogP contribution in [-0.4, -0.2) is 34.5 Å². The van der Waals surface area contributed by atoms with E-state index in [1.165, 1.54) is 16.2 Å². The van der Waals surface area contributed by atoms with Crippen molar-refractivity contribution < 1.29 is 14.3 Å². The van der Waals surface area contributed by atoms with Gasteiger partial charge in [0, 0.05) is 18.1 Å². The van der Waals surface area contributed by atoms with Crippen molar-refractivity contribution in [3.8, 4) is 0 Å². The summed E-state index contributed by atoms with van der Waals surface area (Å²) in [5, 5.41) is 5.42. The largest absolute Gasteiger partial charge is 0.444 e. The maximum absolute atomic E-state index is 12.3. The molecule has 0 unspecified atom stereocenters. The Morgan fingerprint density at radius 3 is 2.56 bits per heavy atom. The van der Waals surface area contributed by atoms with Crippen LogP contribution in [-0.2, 0) is 11.3 Å². The summed E-state index contributed by atoms with van der Waals surface area (Å²) in [6.07, 6.45) is -0.413. The van der Waals surface area contributed by atoms with E-state index in [0.717, 1.165) is 10.6 Å². The lowest BCUT2D eigenvalue weighted by Gasteiger charge is -2.25. The van der Waals surface area contributed by atoms with Crippen molar-refractivity contribution in [1.29, 1.82) is 0 Å². The van der Waals surface area contributed by atoms with E-state index in [4.69, 9.17) is 4.74 Å². The van der Waals surface area contributed by atoms with Gasteiger partial charge in [-0.2, -0.15) is 0 Å². The quantitative estimate of drug-likeness (QED) is 0.891. The molecular weight excluding hydrogens is 338 g/mol. The van der Waals surface area contributed by atoms with Crippen LogP contribution in [0.5, 0.6) is 0 Å². The smallest absolute Gasteiger partial charge is 0.410 e. The first-order chi connectivity index (χ1) is 11.7. The van der Waals surface area contributed by atoms with Crippen LogP contribution < -0.4 is 5.32 Å². The molecule has 1 heterocycles. The highest BCUT2D eigenvalue weighted by Crippen LogP contribution is 2.19. The molecule has 0 bridgehead atoms. The third kappa shape index (κ3) is 5.56. The number of anilines is 1. The van der Waals surface area contributed by atoms with Crippen molar-refractivity contribution in [3.63, 3.8) is 0 Å². The number of hydrogen-bond donors (Lipinski definition) is 1. The van der Waals surface area contributed by atoms with Crippen LogP contribution >= 0.6 is 11.3 Å². The number of para-hydroxylation sites is 1. The molecular formula is C18H23N3O3S. The lowest BCUT2D eigenvalue weighted by Crippen LogP contribution is -2.34. The third-order valence-electron chi connectivity index (χ3n) is 3.23. The van der Waals surface area contributed by atoms with Gasteiger partial charge in [-0.25, -0.2) is 9.78 Å². The van der Waals surface area contributed by atoms with Crippen LogP contribution in [0.15, 0.2) is 29.6 Å². The number of nitrogens with zero attached hydrogens (tertiary/aromatic N) is 2. The third-order valence-corrected chi connectivity index (χ3v) is 4.00. The number of rotatable bonds is 4. The fourth-order valence-corrected chi connectivity index (χ4v) is 2.69. The molecule has 0 radical (unpaired) electrons. The van der Waals surface area contributed by atoms with Gasteiger partial charge < -0.3 is 15.0 Å². The Kier molecular flexibility index (Phi) is 5.79. The van der Waals surface area contributed by atoms with Crippen LogP contribution in [0.25, 0.3) is 0 Å². The molecule has 1 aromatic carbocycles. The second kappa shape index (κ2) is 7.65. The Morgan fingerprint density at radius 2 is 1.96 bits per heavy atom. The van der Waals surface area contributed by atoms with E-state index >= 15 is 0 Å². The average Bonchev–Trinajstić information content (AvgIpc) is 2.94. The molecule has 1 N–H and O–H groups in total. The predicted molar refractivity (Wildman–Crippen MR) is 98.9 cm³/mol. The minimum Gasteiger partial charge on any atom is -0.444 e. The number of hydrogen-bond acceptors (Lipinski definition) is 5. The van der Waals surface area contributed by atoms with Crippen molar-refractivity contribution in [2.24, 2.45) is 0 Å². The van der Waals surface area contributed by atoms with Gasteiger partial charge in [0.1, 0.15) is 11.3 Å². The molecule has 0 aliphatic rings. The monoisotopic (exact) mass is 361 g/mol. The Balaban J connectivity index is 2.10. The van der Waals surface area contributed by atoms with Gasteiger partial charge >= 0.3 is 6.09 Å². The topological polar surface area (TPSA) is 71.5 Å².